The van der Waals surface area contributed by atoms with Gasteiger partial charge in [0.25, 0.3) is 11.8 Å². The van der Waals surface area contributed by atoms with Gasteiger partial charge in [0.15, 0.2) is 16.3 Å². The number of hydrogen-bond acceptors (Lipinski definition) is 13. The maximum absolute atomic E-state index is 13.4. The summed E-state index contributed by atoms with van der Waals surface area (Å²) in [7, 11) is 0. The second-order valence-corrected chi connectivity index (χ2v) is 16.4. The maximum Gasteiger partial charge on any atom is 0.352 e. The fourth-order valence-corrected chi connectivity index (χ4v) is 10.3. The first-order chi connectivity index (χ1) is 23.8. The molecular formula is C33H34N6O6S4. The number of aliphatic carboxylic acids is 1. The molecule has 2 atom stereocenters. The van der Waals surface area contributed by atoms with Gasteiger partial charge in [-0.2, -0.15) is 0 Å². The van der Waals surface area contributed by atoms with E-state index in [4.69, 9.17) is 10.6 Å². The lowest BCUT2D eigenvalue weighted by Gasteiger charge is -2.49. The van der Waals surface area contributed by atoms with Crippen LogP contribution in [0.5, 0.6) is 0 Å². The highest BCUT2D eigenvalue weighted by atomic mass is 32.2. The van der Waals surface area contributed by atoms with E-state index in [1.165, 1.54) is 46.2 Å². The number of carbonyl (C=O) groups is 3. The molecule has 3 aliphatic heterocycles. The van der Waals surface area contributed by atoms with Crippen LogP contribution in [0.1, 0.15) is 50.6 Å². The number of carboxylic acid groups (broad SMARTS) is 1. The van der Waals surface area contributed by atoms with Gasteiger partial charge in [0.1, 0.15) is 28.9 Å². The fraction of sp³-hybridized carbons (Fsp3) is 0.394. The molecule has 1 unspecified atom stereocenters. The number of benzene rings is 1. The molecular weight excluding hydrogens is 705 g/mol. The number of oxime groups is 1. The van der Waals surface area contributed by atoms with E-state index in [-0.39, 0.29) is 33.8 Å². The van der Waals surface area contributed by atoms with Crippen molar-refractivity contribution in [2.24, 2.45) is 5.16 Å². The maximum atomic E-state index is 13.4. The molecule has 3 fully saturated rings. The van der Waals surface area contributed by atoms with Crippen LogP contribution in [0.15, 0.2) is 66.6 Å². The zero-order valence-electron chi connectivity index (χ0n) is 26.3. The molecule has 4 aliphatic rings. The van der Waals surface area contributed by atoms with Gasteiger partial charge in [-0.05, 0) is 80.2 Å². The largest absolute Gasteiger partial charge is 0.477 e. The van der Waals surface area contributed by atoms with Crippen molar-refractivity contribution in [3.05, 3.63) is 68.3 Å². The average Bonchev–Trinajstić information content (AvgIpc) is 3.79. The summed E-state index contributed by atoms with van der Waals surface area (Å²) in [6.45, 7) is 2.02. The Kier molecular flexibility index (Phi) is 9.99. The van der Waals surface area contributed by atoms with Gasteiger partial charge < -0.3 is 25.9 Å². The number of allylic oxidation sites excluding steroid dienone is 1. The summed E-state index contributed by atoms with van der Waals surface area (Å²) in [4.78, 5) is 65.5. The topological polar surface area (TPSA) is 168 Å². The van der Waals surface area contributed by atoms with Crippen molar-refractivity contribution in [2.45, 2.75) is 66.7 Å². The minimum absolute atomic E-state index is 0.0628. The lowest BCUT2D eigenvalue weighted by Crippen LogP contribution is -2.71. The lowest BCUT2D eigenvalue weighted by atomic mass is 10.0. The highest BCUT2D eigenvalue weighted by molar-refractivity contribution is 8.04. The number of nitrogens with zero attached hydrogens (tertiary/aromatic N) is 4. The van der Waals surface area contributed by atoms with Crippen LogP contribution in [0, 0.1) is 0 Å². The minimum atomic E-state index is -1.24. The number of β-lactam (4-membered cyclic amide) rings is 1. The first-order valence-electron chi connectivity index (χ1n) is 16.1. The second-order valence-electron chi connectivity index (χ2n) is 12.1. The van der Waals surface area contributed by atoms with Crippen LogP contribution < -0.4 is 21.4 Å². The molecule has 7 rings (SSSR count). The molecule has 2 amide bonds. The van der Waals surface area contributed by atoms with Crippen molar-refractivity contribution in [3.8, 4) is 0 Å². The molecule has 16 heteroatoms. The molecule has 0 bridgehead atoms. The predicted octanol–water partition coefficient (Wildman–Crippen LogP) is 5.00. The summed E-state index contributed by atoms with van der Waals surface area (Å²) in [5.41, 5.74) is 7.35. The monoisotopic (exact) mass is 738 g/mol. The van der Waals surface area contributed by atoms with Crippen LogP contribution >= 0.6 is 46.2 Å². The van der Waals surface area contributed by atoms with Gasteiger partial charge in [0.2, 0.25) is 0 Å². The minimum Gasteiger partial charge on any atom is -0.477 e. The SMILES string of the molecule is Nc1nc(C(=NOC2CCCC2)C(=O)NC2C(=O)N3C(C(=O)O)=C(C=CSc4cc(=O)c5ccc(N6CCCCC6)cc5s4)CS[C@H]23)cs1. The number of thioether (sulfide) groups is 2. The summed E-state index contributed by atoms with van der Waals surface area (Å²) in [5.74, 6) is -2.12. The van der Waals surface area contributed by atoms with Crippen LogP contribution in [0.2, 0.25) is 0 Å². The number of piperidine rings is 1. The molecule has 5 heterocycles. The first kappa shape index (κ1) is 33.6. The zero-order valence-corrected chi connectivity index (χ0v) is 29.6. The number of nitrogens with two attached hydrogens (primary N) is 1. The van der Waals surface area contributed by atoms with E-state index in [0.717, 1.165) is 77.5 Å². The van der Waals surface area contributed by atoms with Crippen LogP contribution in [-0.2, 0) is 19.2 Å². The molecule has 256 valence electrons. The van der Waals surface area contributed by atoms with Crippen molar-refractivity contribution in [3.63, 3.8) is 0 Å². The fourth-order valence-electron chi connectivity index (χ4n) is 6.41. The Morgan fingerprint density at radius 2 is 1.92 bits per heavy atom. The number of carbonyl (C=O) groups excluding carboxylic acids is 2. The van der Waals surface area contributed by atoms with Crippen LogP contribution in [0.4, 0.5) is 10.8 Å². The number of thiazole rings is 1. The van der Waals surface area contributed by atoms with Crippen molar-refractivity contribution in [1.29, 1.82) is 0 Å². The third-order valence-corrected chi connectivity index (χ3v) is 12.9. The lowest BCUT2D eigenvalue weighted by molar-refractivity contribution is -0.150. The molecule has 2 aromatic heterocycles. The summed E-state index contributed by atoms with van der Waals surface area (Å²) >= 11 is 5.37. The Bertz CT molecular complexity index is 1940. The van der Waals surface area contributed by atoms with Gasteiger partial charge in [0.05, 0.1) is 4.21 Å². The predicted molar refractivity (Wildman–Crippen MR) is 195 cm³/mol. The first-order valence-corrected chi connectivity index (χ1v) is 19.7. The van der Waals surface area contributed by atoms with E-state index < -0.39 is 29.2 Å². The number of amides is 2. The number of nitrogen functional groups attached to an aromatic ring is 1. The van der Waals surface area contributed by atoms with E-state index in [2.05, 4.69) is 26.4 Å². The smallest absolute Gasteiger partial charge is 0.352 e. The van der Waals surface area contributed by atoms with Gasteiger partial charge >= 0.3 is 5.97 Å². The summed E-state index contributed by atoms with van der Waals surface area (Å²) in [6, 6.07) is 6.64. The quantitative estimate of drug-likeness (QED) is 0.111. The molecule has 1 aliphatic carbocycles. The van der Waals surface area contributed by atoms with Crippen molar-refractivity contribution >= 4 is 90.6 Å². The van der Waals surface area contributed by atoms with Gasteiger partial charge in [0, 0.05) is 46.1 Å². The molecule has 4 N–H and O–H groups in total. The summed E-state index contributed by atoms with van der Waals surface area (Å²) < 4.78 is 1.69. The van der Waals surface area contributed by atoms with E-state index in [0.29, 0.717) is 16.7 Å². The van der Waals surface area contributed by atoms with E-state index in [1.54, 1.807) is 22.9 Å². The summed E-state index contributed by atoms with van der Waals surface area (Å²) in [5, 5.41) is 20.7. The van der Waals surface area contributed by atoms with E-state index in [9.17, 15) is 24.3 Å². The normalized spacial score (nSPS) is 21.7. The van der Waals surface area contributed by atoms with Gasteiger partial charge in [-0.1, -0.05) is 16.9 Å². The van der Waals surface area contributed by atoms with Crippen LogP contribution in [0.25, 0.3) is 10.1 Å². The number of hydrogen-bond donors (Lipinski definition) is 3. The van der Waals surface area contributed by atoms with Gasteiger partial charge in [-0.25, -0.2) is 9.78 Å². The molecule has 49 heavy (non-hydrogen) atoms. The Balaban J connectivity index is 1.05. The standard InChI is InChI=1S/C33H34N6O6S4/c34-33-35-22(17-48-33)26(37-45-20-6-2-3-7-20)29(41)36-27-30(42)39-28(32(43)44)18(16-47-31(27)39)10-13-46-25-15-23(40)21-9-8-19(14-24(21)49-25)38-11-4-1-5-12-38/h8-10,13-15,17,20,27,31H,1-7,11-12,16H2,(H2,34,35)(H,36,41)(H,43,44)/t27?,31-/m1/s1. The van der Waals surface area contributed by atoms with Crippen molar-refractivity contribution in [2.75, 3.05) is 29.5 Å². The molecule has 1 saturated carbocycles. The molecule has 3 aromatic rings. The number of aromatic nitrogens is 1. The highest BCUT2D eigenvalue weighted by Crippen LogP contribution is 2.41. The third-order valence-electron chi connectivity index (χ3n) is 8.93. The van der Waals surface area contributed by atoms with Crippen LogP contribution in [0.3, 0.4) is 0 Å². The third kappa shape index (κ3) is 7.09. The van der Waals surface area contributed by atoms with Crippen molar-refractivity contribution in [1.82, 2.24) is 15.2 Å². The molecule has 1 aromatic carbocycles. The van der Waals surface area contributed by atoms with Crippen molar-refractivity contribution < 1.29 is 24.3 Å². The average molecular weight is 739 g/mol. The Morgan fingerprint density at radius 1 is 1.12 bits per heavy atom. The van der Waals surface area contributed by atoms with Crippen LogP contribution in [-0.4, -0.2) is 74.8 Å². The molecule has 2 saturated heterocycles. The number of rotatable bonds is 10. The Labute approximate surface area is 298 Å². The highest BCUT2D eigenvalue weighted by Gasteiger charge is 2.54. The second kappa shape index (κ2) is 14.5. The number of anilines is 2. The number of carboxylic acids is 1. The van der Waals surface area contributed by atoms with Gasteiger partial charge in [-0.3, -0.25) is 19.3 Å². The number of nitrogens with one attached hydrogen (secondary N) is 1. The number of fused-ring (bicyclic) bond motifs is 2. The van der Waals surface area contributed by atoms with Gasteiger partial charge in [-0.15, -0.1) is 34.4 Å². The van der Waals surface area contributed by atoms with E-state index in [1.807, 2.05) is 12.1 Å². The molecule has 12 nitrogen and oxygen atoms in total. The molecule has 0 radical (unpaired) electrons. The Morgan fingerprint density at radius 3 is 2.65 bits per heavy atom. The zero-order chi connectivity index (χ0) is 34.1. The molecule has 0 spiro atoms. The Hall–Kier alpha value is -3.86. The summed E-state index contributed by atoms with van der Waals surface area (Å²) in [6.07, 6.45) is 8.88. The van der Waals surface area contributed by atoms with E-state index >= 15 is 0 Å².